The van der Waals surface area contributed by atoms with E-state index in [2.05, 4.69) is 37.8 Å². The molecule has 1 aliphatic heterocycles. The third kappa shape index (κ3) is 4.80. The minimum Gasteiger partial charge on any atom is -0.428 e. The summed E-state index contributed by atoms with van der Waals surface area (Å²) in [6.07, 6.45) is 1.51. The summed E-state index contributed by atoms with van der Waals surface area (Å²) in [4.78, 5) is 13.1. The zero-order valence-corrected chi connectivity index (χ0v) is 18.8. The summed E-state index contributed by atoms with van der Waals surface area (Å²) in [5.41, 5.74) is 2.43. The molecule has 1 saturated heterocycles. The van der Waals surface area contributed by atoms with Crippen molar-refractivity contribution in [3.63, 3.8) is 0 Å². The van der Waals surface area contributed by atoms with Crippen LogP contribution in [0.4, 0.5) is 0 Å². The lowest BCUT2D eigenvalue weighted by Gasteiger charge is -2.39. The molecule has 3 nitrogen and oxygen atoms in total. The van der Waals surface area contributed by atoms with Gasteiger partial charge < -0.3 is 9.39 Å². The molecule has 1 aliphatic rings. The molecular weight excluding hydrogens is 355 g/mol. The minimum atomic E-state index is -0.428. The third-order valence-corrected chi connectivity index (χ3v) is 6.61. The number of hydrogen-bond acceptors (Lipinski definition) is 4. The molecule has 0 aliphatic carbocycles. The summed E-state index contributed by atoms with van der Waals surface area (Å²) in [5, 5.41) is 0. The van der Waals surface area contributed by atoms with Crippen LogP contribution < -0.4 is 5.46 Å². The highest BCUT2D eigenvalue weighted by Crippen LogP contribution is 2.39. The summed E-state index contributed by atoms with van der Waals surface area (Å²) in [6, 6.07) is 6.27. The summed E-state index contributed by atoms with van der Waals surface area (Å²) in [6.45, 7) is 15.5. The zero-order valence-electron chi connectivity index (χ0n) is 17.9. The number of aryl methyl sites for hydroxylation is 1. The molecule has 0 amide bonds. The van der Waals surface area contributed by atoms with Crippen LogP contribution in [-0.4, -0.2) is 36.8 Å². The van der Waals surface area contributed by atoms with Crippen LogP contribution in [0.15, 0.2) is 18.2 Å². The summed E-state index contributed by atoms with van der Waals surface area (Å²) >= 11 is 4.65. The van der Waals surface area contributed by atoms with Gasteiger partial charge in [-0.25, -0.2) is 0 Å². The molecule has 0 bridgehead atoms. The molecule has 1 radical (unpaired) electrons. The highest BCUT2D eigenvalue weighted by molar-refractivity contribution is 7.81. The normalized spacial score (nSPS) is 17.8. The first-order chi connectivity index (χ1) is 12.4. The second kappa shape index (κ2) is 8.30. The maximum Gasteiger partial charge on any atom is 0.330 e. The van der Waals surface area contributed by atoms with E-state index >= 15 is 0 Å². The number of Topliss-reactive ketones (excluding diaryl/α,β-unsaturated/α-hetero) is 1. The van der Waals surface area contributed by atoms with E-state index in [-0.39, 0.29) is 10.7 Å². The van der Waals surface area contributed by atoms with Gasteiger partial charge in [0.05, 0.1) is 11.0 Å². The zero-order chi connectivity index (χ0) is 20.5. The number of thiol groups is 1. The first-order valence-corrected chi connectivity index (χ1v) is 10.3. The number of rotatable bonds is 7. The summed E-state index contributed by atoms with van der Waals surface area (Å²) in [7, 11) is 1.80. The molecule has 0 saturated carbocycles. The Morgan fingerprint density at radius 1 is 1.22 bits per heavy atom. The molecule has 0 unspecified atom stereocenters. The van der Waals surface area contributed by atoms with Gasteiger partial charge in [0.25, 0.3) is 0 Å². The molecule has 0 spiro atoms. The van der Waals surface area contributed by atoms with Crippen molar-refractivity contribution in [3.05, 3.63) is 29.3 Å². The monoisotopic (exact) mass is 389 g/mol. The van der Waals surface area contributed by atoms with Crippen LogP contribution in [0, 0.1) is 12.8 Å². The molecule has 1 fully saturated rings. The van der Waals surface area contributed by atoms with Crippen LogP contribution in [-0.2, 0) is 19.6 Å². The van der Waals surface area contributed by atoms with Crippen molar-refractivity contribution in [1.82, 2.24) is 0 Å². The van der Waals surface area contributed by atoms with Crippen molar-refractivity contribution < 1.29 is 14.2 Å². The van der Waals surface area contributed by atoms with Crippen LogP contribution in [0.1, 0.15) is 65.5 Å². The second-order valence-electron chi connectivity index (χ2n) is 9.09. The topological polar surface area (TPSA) is 35.5 Å². The predicted octanol–water partition coefficient (Wildman–Crippen LogP) is 4.02. The van der Waals surface area contributed by atoms with Crippen molar-refractivity contribution in [3.8, 4) is 0 Å². The van der Waals surface area contributed by atoms with Gasteiger partial charge in [-0.05, 0) is 58.6 Å². The predicted molar refractivity (Wildman–Crippen MR) is 116 cm³/mol. The molecule has 1 heterocycles. The number of benzene rings is 1. The van der Waals surface area contributed by atoms with Crippen molar-refractivity contribution in [2.24, 2.45) is 5.92 Å². The van der Waals surface area contributed by atoms with Crippen molar-refractivity contribution in [1.29, 1.82) is 0 Å². The highest BCUT2D eigenvalue weighted by atomic mass is 32.1. The molecule has 0 atom stereocenters. The van der Waals surface area contributed by atoms with Gasteiger partial charge in [-0.2, -0.15) is 12.6 Å². The third-order valence-electron chi connectivity index (χ3n) is 6.07. The molecule has 0 N–H and O–H groups in total. The van der Waals surface area contributed by atoms with E-state index < -0.39 is 11.0 Å². The molecule has 0 aromatic heterocycles. The lowest BCUT2D eigenvalue weighted by atomic mass is 9.66. The van der Waals surface area contributed by atoms with Crippen molar-refractivity contribution >= 4 is 31.4 Å². The Hall–Kier alpha value is -0.775. The van der Waals surface area contributed by atoms with E-state index in [1.54, 1.807) is 7.48 Å². The Morgan fingerprint density at radius 3 is 2.30 bits per heavy atom. The van der Waals surface area contributed by atoms with Gasteiger partial charge in [-0.15, -0.1) is 0 Å². The number of carbonyl (C=O) groups is 1. The Morgan fingerprint density at radius 2 is 1.81 bits per heavy atom. The highest BCUT2D eigenvalue weighted by Gasteiger charge is 2.43. The Kier molecular flexibility index (Phi) is 6.92. The fraction of sp³-hybridized carbons (Fsp3) is 0.682. The molecular formula is C22H34BO3S. The quantitative estimate of drug-likeness (QED) is 0.565. The fourth-order valence-corrected chi connectivity index (χ4v) is 3.63. The van der Waals surface area contributed by atoms with Gasteiger partial charge in [0.1, 0.15) is 5.78 Å². The molecule has 1 aromatic carbocycles. The van der Waals surface area contributed by atoms with Crippen LogP contribution in [0.2, 0.25) is 0 Å². The molecule has 2 rings (SSSR count). The number of hydrogen-bond donors (Lipinski definition) is 1. The average molecular weight is 389 g/mol. The molecule has 27 heavy (non-hydrogen) atoms. The van der Waals surface area contributed by atoms with Crippen LogP contribution in [0.5, 0.6) is 0 Å². The smallest absolute Gasteiger partial charge is 0.330 e. The van der Waals surface area contributed by atoms with Crippen molar-refractivity contribution in [2.45, 2.75) is 77.1 Å². The van der Waals surface area contributed by atoms with E-state index in [9.17, 15) is 4.79 Å². The second-order valence-corrected chi connectivity index (χ2v) is 10.2. The number of carbonyl (C=O) groups excluding carboxylic acids is 1. The van der Waals surface area contributed by atoms with E-state index in [4.69, 9.17) is 9.39 Å². The SMILES string of the molecule is Cc1cc([B]OC(C)(C)C(C)(C)S)ccc1C1(C(=O)C(C)C)CCOCC1. The van der Waals surface area contributed by atoms with Gasteiger partial charge in [-0.1, -0.05) is 37.5 Å². The van der Waals surface area contributed by atoms with Gasteiger partial charge in [-0.3, -0.25) is 4.79 Å². The number of ketones is 1. The largest absolute Gasteiger partial charge is 0.428 e. The van der Waals surface area contributed by atoms with E-state index in [1.807, 2.05) is 41.5 Å². The molecule has 5 heteroatoms. The van der Waals surface area contributed by atoms with Crippen LogP contribution in [0.25, 0.3) is 0 Å². The lowest BCUT2D eigenvalue weighted by Crippen LogP contribution is -2.46. The molecule has 149 valence electrons. The maximum atomic E-state index is 13.1. The first-order valence-electron chi connectivity index (χ1n) is 9.87. The summed E-state index contributed by atoms with van der Waals surface area (Å²) in [5.74, 6) is 0.329. The van der Waals surface area contributed by atoms with Crippen LogP contribution in [0.3, 0.4) is 0 Å². The van der Waals surface area contributed by atoms with Gasteiger partial charge in [0.15, 0.2) is 0 Å². The standard InChI is InChI=1S/C22H34BO3S/c1-15(2)19(24)22(10-12-25-13-11-22)18-9-8-17(14-16(18)3)23-26-20(4,5)21(6,7)27/h8-9,14-15,27H,10-13H2,1-7H3. The Balaban J connectivity index is 2.28. The van der Waals surface area contributed by atoms with Crippen molar-refractivity contribution in [2.75, 3.05) is 13.2 Å². The minimum absolute atomic E-state index is 0.00971. The average Bonchev–Trinajstić information content (AvgIpc) is 2.59. The Bertz CT molecular complexity index is 671. The van der Waals surface area contributed by atoms with Gasteiger partial charge in [0, 0.05) is 23.9 Å². The van der Waals surface area contributed by atoms with Gasteiger partial charge >= 0.3 is 7.48 Å². The van der Waals surface area contributed by atoms with Crippen LogP contribution >= 0.6 is 12.6 Å². The van der Waals surface area contributed by atoms with E-state index in [0.29, 0.717) is 19.0 Å². The van der Waals surface area contributed by atoms with Gasteiger partial charge in [0.2, 0.25) is 0 Å². The van der Waals surface area contributed by atoms with E-state index in [0.717, 1.165) is 29.4 Å². The number of ether oxygens (including phenoxy) is 1. The Labute approximate surface area is 171 Å². The fourth-order valence-electron chi connectivity index (χ4n) is 3.58. The first kappa shape index (κ1) is 22.5. The van der Waals surface area contributed by atoms with E-state index in [1.165, 1.54) is 0 Å². The maximum absolute atomic E-state index is 13.1. The summed E-state index contributed by atoms with van der Waals surface area (Å²) < 4.78 is 11.3. The molecule has 1 aromatic rings. The lowest BCUT2D eigenvalue weighted by molar-refractivity contribution is -0.131.